The fraction of sp³-hybridized carbons (Fsp3) is 0.364. The number of benzene rings is 1. The van der Waals surface area contributed by atoms with Crippen LogP contribution in [0.5, 0.6) is 0 Å². The molecule has 0 saturated heterocycles. The van der Waals surface area contributed by atoms with Crippen LogP contribution in [0.15, 0.2) is 29.2 Å². The van der Waals surface area contributed by atoms with Crippen molar-refractivity contribution in [2.45, 2.75) is 17.9 Å². The molecular formula is C11H14ClNO3S. The molecule has 0 aromatic heterocycles. The number of hydrogen-bond donors (Lipinski definition) is 1. The van der Waals surface area contributed by atoms with E-state index in [4.69, 9.17) is 11.6 Å². The van der Waals surface area contributed by atoms with E-state index >= 15 is 0 Å². The molecule has 0 heterocycles. The van der Waals surface area contributed by atoms with Gasteiger partial charge in [-0.2, -0.15) is 0 Å². The van der Waals surface area contributed by atoms with E-state index < -0.39 is 9.84 Å². The summed E-state index contributed by atoms with van der Waals surface area (Å²) in [5.41, 5.74) is 0.830. The van der Waals surface area contributed by atoms with Crippen molar-refractivity contribution >= 4 is 27.3 Å². The summed E-state index contributed by atoms with van der Waals surface area (Å²) >= 11 is 5.38. The lowest BCUT2D eigenvalue weighted by molar-refractivity contribution is -0.119. The van der Waals surface area contributed by atoms with E-state index in [2.05, 4.69) is 5.32 Å². The van der Waals surface area contributed by atoms with Crippen molar-refractivity contribution in [3.8, 4) is 0 Å². The lowest BCUT2D eigenvalue weighted by Crippen LogP contribution is -2.27. The fourth-order valence-corrected chi connectivity index (χ4v) is 2.07. The van der Waals surface area contributed by atoms with Crippen molar-refractivity contribution in [2.24, 2.45) is 0 Å². The number of amides is 1. The molecule has 0 saturated carbocycles. The Morgan fingerprint density at radius 1 is 1.35 bits per heavy atom. The summed E-state index contributed by atoms with van der Waals surface area (Å²) < 4.78 is 22.5. The fourth-order valence-electron chi connectivity index (χ4n) is 1.37. The van der Waals surface area contributed by atoms with Crippen LogP contribution in [0, 0.1) is 0 Å². The Bertz CT molecular complexity index is 496. The third-order valence-corrected chi connectivity index (χ3v) is 3.68. The van der Waals surface area contributed by atoms with Gasteiger partial charge in [-0.3, -0.25) is 4.79 Å². The van der Waals surface area contributed by atoms with Crippen molar-refractivity contribution in [1.82, 2.24) is 5.32 Å². The van der Waals surface area contributed by atoms with Crippen LogP contribution in [-0.2, 0) is 14.6 Å². The molecular weight excluding hydrogens is 262 g/mol. The summed E-state index contributed by atoms with van der Waals surface area (Å²) in [4.78, 5) is 11.3. The van der Waals surface area contributed by atoms with E-state index in [1.54, 1.807) is 19.1 Å². The number of halogens is 1. The van der Waals surface area contributed by atoms with E-state index in [0.717, 1.165) is 11.8 Å². The van der Waals surface area contributed by atoms with Crippen molar-refractivity contribution in [3.05, 3.63) is 29.8 Å². The van der Waals surface area contributed by atoms with Crippen molar-refractivity contribution < 1.29 is 13.2 Å². The second-order valence-corrected chi connectivity index (χ2v) is 6.05. The van der Waals surface area contributed by atoms with Gasteiger partial charge in [-0.1, -0.05) is 12.1 Å². The van der Waals surface area contributed by atoms with Gasteiger partial charge in [-0.05, 0) is 24.6 Å². The lowest BCUT2D eigenvalue weighted by atomic mass is 10.1. The van der Waals surface area contributed by atoms with E-state index in [1.807, 2.05) is 0 Å². The second kappa shape index (κ2) is 5.51. The predicted molar refractivity (Wildman–Crippen MR) is 66.8 cm³/mol. The maximum Gasteiger partial charge on any atom is 0.235 e. The van der Waals surface area contributed by atoms with Gasteiger partial charge in [0.1, 0.15) is 5.88 Å². The van der Waals surface area contributed by atoms with Crippen molar-refractivity contribution in [1.29, 1.82) is 0 Å². The van der Waals surface area contributed by atoms with Gasteiger partial charge in [-0.25, -0.2) is 8.42 Å². The zero-order chi connectivity index (χ0) is 13.1. The molecule has 17 heavy (non-hydrogen) atoms. The first kappa shape index (κ1) is 14.0. The van der Waals surface area contributed by atoms with Gasteiger partial charge in [0, 0.05) is 6.26 Å². The highest BCUT2D eigenvalue weighted by molar-refractivity contribution is 7.90. The monoisotopic (exact) mass is 275 g/mol. The SMILES string of the molecule is C[C@H](NC(=O)CCl)c1ccc(S(C)(=O)=O)cc1. The Labute approximate surface area is 106 Å². The minimum Gasteiger partial charge on any atom is -0.349 e. The van der Waals surface area contributed by atoms with Crippen LogP contribution in [-0.4, -0.2) is 26.5 Å². The Balaban J connectivity index is 2.84. The maximum atomic E-state index is 11.3. The molecule has 1 amide bonds. The molecule has 0 aliphatic heterocycles. The summed E-state index contributed by atoms with van der Waals surface area (Å²) in [6.07, 6.45) is 1.15. The molecule has 1 aromatic carbocycles. The largest absolute Gasteiger partial charge is 0.349 e. The first-order chi connectivity index (χ1) is 7.84. The molecule has 0 spiro atoms. The number of carbonyl (C=O) groups is 1. The van der Waals surface area contributed by atoms with E-state index in [9.17, 15) is 13.2 Å². The summed E-state index contributed by atoms with van der Waals surface area (Å²) in [6.45, 7) is 1.81. The normalized spacial score (nSPS) is 13.1. The average Bonchev–Trinajstić information content (AvgIpc) is 2.27. The van der Waals surface area contributed by atoms with Crippen molar-refractivity contribution in [3.63, 3.8) is 0 Å². The number of hydrogen-bond acceptors (Lipinski definition) is 3. The van der Waals surface area contributed by atoms with E-state index in [-0.39, 0.29) is 22.7 Å². The third-order valence-electron chi connectivity index (χ3n) is 2.31. The highest BCUT2D eigenvalue weighted by Gasteiger charge is 2.10. The molecule has 0 radical (unpaired) electrons. The topological polar surface area (TPSA) is 63.2 Å². The van der Waals surface area contributed by atoms with Gasteiger partial charge in [0.15, 0.2) is 9.84 Å². The smallest absolute Gasteiger partial charge is 0.235 e. The number of nitrogens with one attached hydrogen (secondary N) is 1. The molecule has 1 atom stereocenters. The zero-order valence-electron chi connectivity index (χ0n) is 9.60. The first-order valence-electron chi connectivity index (χ1n) is 5.00. The van der Waals surface area contributed by atoms with Gasteiger partial charge in [0.2, 0.25) is 5.91 Å². The van der Waals surface area contributed by atoms with Gasteiger partial charge in [0.05, 0.1) is 10.9 Å². The summed E-state index contributed by atoms with van der Waals surface area (Å²) in [5.74, 6) is -0.350. The van der Waals surface area contributed by atoms with Gasteiger partial charge in [0.25, 0.3) is 0 Å². The highest BCUT2D eigenvalue weighted by Crippen LogP contribution is 2.16. The van der Waals surface area contributed by atoms with Gasteiger partial charge < -0.3 is 5.32 Å². The van der Waals surface area contributed by atoms with Crippen LogP contribution in [0.2, 0.25) is 0 Å². The van der Waals surface area contributed by atoms with Crippen LogP contribution in [0.25, 0.3) is 0 Å². The summed E-state index contributed by atoms with van der Waals surface area (Å²) in [6, 6.07) is 6.20. The standard InChI is InChI=1S/C11H14ClNO3S/c1-8(13-11(14)7-12)9-3-5-10(6-4-9)17(2,15)16/h3-6,8H,7H2,1-2H3,(H,13,14)/t8-/m0/s1. The molecule has 1 aromatic rings. The molecule has 0 aliphatic rings. The molecule has 0 unspecified atom stereocenters. The van der Waals surface area contributed by atoms with Crippen LogP contribution in [0.1, 0.15) is 18.5 Å². The Morgan fingerprint density at radius 2 is 1.88 bits per heavy atom. The number of alkyl halides is 1. The molecule has 1 N–H and O–H groups in total. The minimum absolute atomic E-state index is 0.0915. The van der Waals surface area contributed by atoms with E-state index in [1.165, 1.54) is 12.1 Å². The third kappa shape index (κ3) is 4.02. The highest BCUT2D eigenvalue weighted by atomic mass is 35.5. The Kier molecular flexibility index (Phi) is 4.54. The first-order valence-corrected chi connectivity index (χ1v) is 7.42. The molecule has 4 nitrogen and oxygen atoms in total. The van der Waals surface area contributed by atoms with Gasteiger partial charge >= 0.3 is 0 Å². The summed E-state index contributed by atoms with van der Waals surface area (Å²) in [5, 5.41) is 2.68. The summed E-state index contributed by atoms with van der Waals surface area (Å²) in [7, 11) is -3.18. The van der Waals surface area contributed by atoms with Crippen LogP contribution >= 0.6 is 11.6 Å². The lowest BCUT2D eigenvalue weighted by Gasteiger charge is -2.13. The molecule has 1 rings (SSSR count). The van der Waals surface area contributed by atoms with E-state index in [0.29, 0.717) is 0 Å². The Hall–Kier alpha value is -1.07. The molecule has 94 valence electrons. The minimum atomic E-state index is -3.18. The molecule has 0 bridgehead atoms. The molecule has 0 aliphatic carbocycles. The maximum absolute atomic E-state index is 11.3. The second-order valence-electron chi connectivity index (χ2n) is 3.76. The van der Waals surface area contributed by atoms with Crippen molar-refractivity contribution in [2.75, 3.05) is 12.1 Å². The number of sulfone groups is 1. The van der Waals surface area contributed by atoms with Crippen LogP contribution in [0.3, 0.4) is 0 Å². The van der Waals surface area contributed by atoms with Gasteiger partial charge in [-0.15, -0.1) is 11.6 Å². The average molecular weight is 276 g/mol. The van der Waals surface area contributed by atoms with Crippen LogP contribution < -0.4 is 5.32 Å². The number of carbonyl (C=O) groups excluding carboxylic acids is 1. The molecule has 0 fully saturated rings. The number of rotatable bonds is 4. The quantitative estimate of drug-likeness (QED) is 0.847. The predicted octanol–water partition coefficient (Wildman–Crippen LogP) is 1.51. The molecule has 6 heteroatoms. The van der Waals surface area contributed by atoms with Crippen LogP contribution in [0.4, 0.5) is 0 Å². The zero-order valence-corrected chi connectivity index (χ0v) is 11.2. The Morgan fingerprint density at radius 3 is 2.29 bits per heavy atom.